The smallest absolute Gasteiger partial charge is 0.0594 e. The van der Waals surface area contributed by atoms with Gasteiger partial charge in [0, 0.05) is 19.1 Å². The molecule has 0 bridgehead atoms. The van der Waals surface area contributed by atoms with Crippen molar-refractivity contribution in [2.24, 2.45) is 0 Å². The van der Waals surface area contributed by atoms with Gasteiger partial charge in [0.2, 0.25) is 0 Å². The van der Waals surface area contributed by atoms with Gasteiger partial charge >= 0.3 is 0 Å². The third-order valence-corrected chi connectivity index (χ3v) is 4.39. The molecule has 21 heavy (non-hydrogen) atoms. The number of hydrogen-bond donors (Lipinski definition) is 1. The number of morpholine rings is 1. The summed E-state index contributed by atoms with van der Waals surface area (Å²) in [6, 6.07) is 0.758. The predicted octanol–water partition coefficient (Wildman–Crippen LogP) is 5.37. The third kappa shape index (κ3) is 12.6. The molecule has 1 aliphatic rings. The van der Waals surface area contributed by atoms with Crippen LogP contribution in [0.4, 0.5) is 0 Å². The van der Waals surface area contributed by atoms with Crippen molar-refractivity contribution in [3.05, 3.63) is 0 Å². The summed E-state index contributed by atoms with van der Waals surface area (Å²) >= 11 is 0. The van der Waals surface area contributed by atoms with E-state index in [-0.39, 0.29) is 23.1 Å². The van der Waals surface area contributed by atoms with Gasteiger partial charge in [0.25, 0.3) is 0 Å². The molecule has 3 nitrogen and oxygen atoms in total. The van der Waals surface area contributed by atoms with Gasteiger partial charge in [0.15, 0.2) is 0 Å². The van der Waals surface area contributed by atoms with Crippen molar-refractivity contribution in [3.63, 3.8) is 0 Å². The Morgan fingerprint density at radius 2 is 1.33 bits per heavy atom. The first-order valence-corrected chi connectivity index (χ1v) is 8.66. The summed E-state index contributed by atoms with van der Waals surface area (Å²) in [5.74, 6) is 0. The summed E-state index contributed by atoms with van der Waals surface area (Å²) in [5, 5.41) is 0. The maximum absolute atomic E-state index is 5.41. The van der Waals surface area contributed by atoms with Crippen LogP contribution in [0.5, 0.6) is 0 Å². The van der Waals surface area contributed by atoms with Crippen molar-refractivity contribution >= 4 is 17.0 Å². The first-order valence-electron chi connectivity index (χ1n) is 8.66. The molecule has 1 aliphatic heterocycles. The van der Waals surface area contributed by atoms with Crippen LogP contribution < -0.4 is 6.15 Å². The molecule has 1 saturated heterocycles. The fraction of sp³-hybridized carbons (Fsp3) is 1.00. The van der Waals surface area contributed by atoms with Crippen LogP contribution in [0.15, 0.2) is 0 Å². The van der Waals surface area contributed by atoms with Gasteiger partial charge in [-0.15, -0.1) is 17.0 Å². The standard InChI is InChI=1S/C17H35NO.BrH.H3N/c1-3-4-5-6-7-8-9-10-11-12-17(2)18-13-15-19-16-14-18;;/h17H,3-16H2,1-2H3;1H;1H3. The van der Waals surface area contributed by atoms with E-state index in [0.29, 0.717) is 0 Å². The van der Waals surface area contributed by atoms with Crippen LogP contribution in [0.2, 0.25) is 0 Å². The second-order valence-corrected chi connectivity index (χ2v) is 6.11. The van der Waals surface area contributed by atoms with E-state index in [1.54, 1.807) is 0 Å². The average Bonchev–Trinajstić information content (AvgIpc) is 2.46. The molecule has 130 valence electrons. The number of nitrogens with zero attached hydrogens (tertiary/aromatic N) is 1. The lowest BCUT2D eigenvalue weighted by molar-refractivity contribution is 0.0181. The molecule has 1 fully saturated rings. The van der Waals surface area contributed by atoms with Crippen LogP contribution >= 0.6 is 17.0 Å². The molecule has 0 radical (unpaired) electrons. The maximum Gasteiger partial charge on any atom is 0.0594 e. The van der Waals surface area contributed by atoms with Crippen molar-refractivity contribution < 1.29 is 4.74 Å². The zero-order chi connectivity index (χ0) is 13.8. The van der Waals surface area contributed by atoms with E-state index < -0.39 is 0 Å². The molecule has 1 rings (SSSR count). The molecule has 1 atom stereocenters. The Morgan fingerprint density at radius 1 is 0.857 bits per heavy atom. The molecule has 0 spiro atoms. The summed E-state index contributed by atoms with van der Waals surface area (Å²) in [7, 11) is 0. The number of rotatable bonds is 11. The van der Waals surface area contributed by atoms with Gasteiger partial charge in [-0.05, 0) is 13.3 Å². The zero-order valence-electron chi connectivity index (χ0n) is 14.4. The van der Waals surface area contributed by atoms with Crippen molar-refractivity contribution in [2.75, 3.05) is 26.3 Å². The van der Waals surface area contributed by atoms with Crippen LogP contribution in [-0.4, -0.2) is 37.2 Å². The van der Waals surface area contributed by atoms with Gasteiger partial charge in [-0.25, -0.2) is 0 Å². The SMILES string of the molecule is Br.CCCCCCCCCCCC(C)N1CCOCC1.N. The van der Waals surface area contributed by atoms with Crippen LogP contribution in [0.3, 0.4) is 0 Å². The van der Waals surface area contributed by atoms with Crippen molar-refractivity contribution in [1.82, 2.24) is 11.1 Å². The summed E-state index contributed by atoms with van der Waals surface area (Å²) in [5.41, 5.74) is 0. The highest BCUT2D eigenvalue weighted by Crippen LogP contribution is 2.14. The second-order valence-electron chi connectivity index (χ2n) is 6.11. The average molecular weight is 367 g/mol. The molecule has 0 aromatic carbocycles. The largest absolute Gasteiger partial charge is 0.379 e. The molecule has 0 aromatic rings. The molecule has 0 amide bonds. The van der Waals surface area contributed by atoms with Gasteiger partial charge < -0.3 is 10.9 Å². The quantitative estimate of drug-likeness (QED) is 0.500. The summed E-state index contributed by atoms with van der Waals surface area (Å²) in [6.45, 7) is 8.81. The Balaban J connectivity index is 0. The number of halogens is 1. The minimum absolute atomic E-state index is 0. The monoisotopic (exact) mass is 366 g/mol. The first kappa shape index (κ1) is 23.6. The molecule has 1 heterocycles. The zero-order valence-corrected chi connectivity index (χ0v) is 16.2. The van der Waals surface area contributed by atoms with Crippen LogP contribution in [0.1, 0.15) is 78.1 Å². The second kappa shape index (κ2) is 16.7. The fourth-order valence-electron chi connectivity index (χ4n) is 2.95. The molecule has 0 aliphatic carbocycles. The van der Waals surface area contributed by atoms with E-state index in [9.17, 15) is 0 Å². The van der Waals surface area contributed by atoms with Gasteiger partial charge in [-0.2, -0.15) is 0 Å². The topological polar surface area (TPSA) is 47.5 Å². The Bertz CT molecular complexity index is 199. The van der Waals surface area contributed by atoms with Gasteiger partial charge in [-0.3, -0.25) is 4.90 Å². The molecule has 1 unspecified atom stereocenters. The minimum Gasteiger partial charge on any atom is -0.379 e. The third-order valence-electron chi connectivity index (χ3n) is 4.39. The Kier molecular flexibility index (Phi) is 18.8. The number of ether oxygens (including phenoxy) is 1. The lowest BCUT2D eigenvalue weighted by atomic mass is 10.0. The molecular weight excluding hydrogens is 328 g/mol. The lowest BCUT2D eigenvalue weighted by Gasteiger charge is -2.32. The van der Waals surface area contributed by atoms with E-state index in [2.05, 4.69) is 18.7 Å². The van der Waals surface area contributed by atoms with Crippen LogP contribution in [0, 0.1) is 0 Å². The molecule has 0 saturated carbocycles. The fourth-order valence-corrected chi connectivity index (χ4v) is 2.95. The number of hydrogen-bond acceptors (Lipinski definition) is 3. The maximum atomic E-state index is 5.41. The predicted molar refractivity (Wildman–Crippen MR) is 99.0 cm³/mol. The normalized spacial score (nSPS) is 16.9. The highest BCUT2D eigenvalue weighted by molar-refractivity contribution is 8.93. The van der Waals surface area contributed by atoms with Crippen molar-refractivity contribution in [1.29, 1.82) is 0 Å². The summed E-state index contributed by atoms with van der Waals surface area (Å²) in [6.07, 6.45) is 14.3. The lowest BCUT2D eigenvalue weighted by Crippen LogP contribution is -2.42. The van der Waals surface area contributed by atoms with Gasteiger partial charge in [-0.1, -0.05) is 64.7 Å². The molecule has 0 aromatic heterocycles. The molecular formula is C17H39BrN2O. The number of unbranched alkanes of at least 4 members (excludes halogenated alkanes) is 8. The molecule has 4 heteroatoms. The highest BCUT2D eigenvalue weighted by atomic mass is 79.9. The Labute approximate surface area is 143 Å². The van der Waals surface area contributed by atoms with Gasteiger partial charge in [0.1, 0.15) is 0 Å². The van der Waals surface area contributed by atoms with Crippen LogP contribution in [0.25, 0.3) is 0 Å². The summed E-state index contributed by atoms with van der Waals surface area (Å²) < 4.78 is 5.41. The summed E-state index contributed by atoms with van der Waals surface area (Å²) in [4.78, 5) is 2.59. The molecule has 3 N–H and O–H groups in total. The Morgan fingerprint density at radius 3 is 1.86 bits per heavy atom. The van der Waals surface area contributed by atoms with E-state index >= 15 is 0 Å². The van der Waals surface area contributed by atoms with Crippen molar-refractivity contribution in [2.45, 2.75) is 84.1 Å². The Hall–Kier alpha value is 0.360. The van der Waals surface area contributed by atoms with E-state index in [1.165, 1.54) is 64.2 Å². The van der Waals surface area contributed by atoms with E-state index in [1.807, 2.05) is 0 Å². The first-order chi connectivity index (χ1) is 9.34. The minimum atomic E-state index is 0. The van der Waals surface area contributed by atoms with Gasteiger partial charge in [0.05, 0.1) is 13.2 Å². The van der Waals surface area contributed by atoms with Crippen molar-refractivity contribution in [3.8, 4) is 0 Å². The highest BCUT2D eigenvalue weighted by Gasteiger charge is 2.15. The van der Waals surface area contributed by atoms with E-state index in [4.69, 9.17) is 4.74 Å². The van der Waals surface area contributed by atoms with Crippen LogP contribution in [-0.2, 0) is 4.74 Å². The van der Waals surface area contributed by atoms with E-state index in [0.717, 1.165) is 32.3 Å².